The van der Waals surface area contributed by atoms with Gasteiger partial charge in [0.25, 0.3) is 0 Å². The predicted octanol–water partition coefficient (Wildman–Crippen LogP) is 6.07. The Morgan fingerprint density at radius 1 is 0.882 bits per heavy atom. The fourth-order valence-corrected chi connectivity index (χ4v) is 6.67. The lowest BCUT2D eigenvalue weighted by Gasteiger charge is -2.39. The van der Waals surface area contributed by atoms with Crippen LogP contribution >= 0.6 is 0 Å². The fourth-order valence-electron chi connectivity index (χ4n) is 6.67. The molecular weight excluding hydrogens is 418 g/mol. The maximum atomic E-state index is 5.62. The van der Waals surface area contributed by atoms with Crippen molar-refractivity contribution < 1.29 is 4.74 Å². The van der Waals surface area contributed by atoms with Gasteiger partial charge >= 0.3 is 0 Å². The highest BCUT2D eigenvalue weighted by Crippen LogP contribution is 2.42. The van der Waals surface area contributed by atoms with Crippen LogP contribution in [0, 0.1) is 17.3 Å². The van der Waals surface area contributed by atoms with Gasteiger partial charge in [0, 0.05) is 62.8 Å². The van der Waals surface area contributed by atoms with Gasteiger partial charge in [0.05, 0.1) is 13.2 Å². The average Bonchev–Trinajstić information content (AvgIpc) is 3.37. The molecule has 4 heteroatoms. The molecule has 0 amide bonds. The van der Waals surface area contributed by atoms with Crippen molar-refractivity contribution >= 4 is 16.9 Å². The van der Waals surface area contributed by atoms with Gasteiger partial charge in [-0.05, 0) is 73.1 Å². The van der Waals surface area contributed by atoms with E-state index in [1.54, 1.807) is 5.57 Å². The molecule has 0 radical (unpaired) electrons. The van der Waals surface area contributed by atoms with Crippen molar-refractivity contribution in [2.75, 3.05) is 68.8 Å². The van der Waals surface area contributed by atoms with E-state index in [9.17, 15) is 0 Å². The van der Waals surface area contributed by atoms with Crippen LogP contribution in [-0.4, -0.2) is 63.9 Å². The molecule has 34 heavy (non-hydrogen) atoms. The van der Waals surface area contributed by atoms with Gasteiger partial charge in [-0.2, -0.15) is 0 Å². The first-order valence-electron chi connectivity index (χ1n) is 14.1. The maximum absolute atomic E-state index is 5.62. The highest BCUT2D eigenvalue weighted by molar-refractivity contribution is 5.80. The van der Waals surface area contributed by atoms with E-state index in [-0.39, 0.29) is 0 Å². The standard InChI is InChI=1S/C30H47N3O/c1-30(2,3)26-10-8-25(9-11-26)28-22-27(32-18-20-34-21-19-32)12-13-29(28)33-16-14-31(15-17-33)23-24-6-4-5-7-24/h8,12-13,22,24,26H,4-7,9-11,14-21,23H2,1-3H3. The van der Waals surface area contributed by atoms with E-state index in [1.165, 1.54) is 81.5 Å². The van der Waals surface area contributed by atoms with Crippen molar-refractivity contribution in [1.82, 2.24) is 4.90 Å². The minimum Gasteiger partial charge on any atom is -0.378 e. The van der Waals surface area contributed by atoms with Gasteiger partial charge in [-0.1, -0.05) is 39.7 Å². The topological polar surface area (TPSA) is 19.0 Å². The third kappa shape index (κ3) is 5.65. The summed E-state index contributed by atoms with van der Waals surface area (Å²) in [6, 6.07) is 7.31. The molecule has 1 saturated carbocycles. The number of ether oxygens (including phenoxy) is 1. The maximum Gasteiger partial charge on any atom is 0.0642 e. The van der Waals surface area contributed by atoms with Crippen LogP contribution in [0.15, 0.2) is 24.3 Å². The van der Waals surface area contributed by atoms with Crippen LogP contribution in [0.1, 0.15) is 71.3 Å². The van der Waals surface area contributed by atoms with E-state index < -0.39 is 0 Å². The van der Waals surface area contributed by atoms with Gasteiger partial charge in [0.1, 0.15) is 0 Å². The number of morpholine rings is 1. The van der Waals surface area contributed by atoms with Gasteiger partial charge in [0.2, 0.25) is 0 Å². The number of piperazine rings is 1. The molecule has 1 aromatic rings. The summed E-state index contributed by atoms with van der Waals surface area (Å²) < 4.78 is 5.62. The summed E-state index contributed by atoms with van der Waals surface area (Å²) in [4.78, 5) is 7.93. The number of rotatable bonds is 5. The van der Waals surface area contributed by atoms with E-state index in [4.69, 9.17) is 4.74 Å². The number of allylic oxidation sites excluding steroid dienone is 2. The molecule has 2 aliphatic heterocycles. The first kappa shape index (κ1) is 24.2. The molecule has 0 N–H and O–H groups in total. The first-order valence-corrected chi connectivity index (χ1v) is 14.1. The Hall–Kier alpha value is -1.52. The van der Waals surface area contributed by atoms with Crippen molar-refractivity contribution in [3.05, 3.63) is 29.8 Å². The number of hydrogen-bond acceptors (Lipinski definition) is 4. The second kappa shape index (κ2) is 10.6. The molecule has 2 saturated heterocycles. The molecule has 3 fully saturated rings. The number of hydrogen-bond donors (Lipinski definition) is 0. The Morgan fingerprint density at radius 2 is 1.62 bits per heavy atom. The van der Waals surface area contributed by atoms with Crippen molar-refractivity contribution in [3.63, 3.8) is 0 Å². The molecule has 2 aliphatic carbocycles. The van der Waals surface area contributed by atoms with Crippen LogP contribution in [0.5, 0.6) is 0 Å². The molecule has 1 aromatic carbocycles. The zero-order valence-electron chi connectivity index (χ0n) is 22.0. The minimum atomic E-state index is 0.399. The summed E-state index contributed by atoms with van der Waals surface area (Å²) >= 11 is 0. The van der Waals surface area contributed by atoms with E-state index in [1.807, 2.05) is 0 Å². The fraction of sp³-hybridized carbons (Fsp3) is 0.733. The van der Waals surface area contributed by atoms with Crippen LogP contribution in [0.3, 0.4) is 0 Å². The van der Waals surface area contributed by atoms with Crippen molar-refractivity contribution in [3.8, 4) is 0 Å². The van der Waals surface area contributed by atoms with Gasteiger partial charge in [0.15, 0.2) is 0 Å². The smallest absolute Gasteiger partial charge is 0.0642 e. The highest BCUT2D eigenvalue weighted by Gasteiger charge is 2.29. The van der Waals surface area contributed by atoms with Crippen molar-refractivity contribution in [1.29, 1.82) is 0 Å². The second-order valence-corrected chi connectivity index (χ2v) is 12.3. The molecule has 0 spiro atoms. The lowest BCUT2D eigenvalue weighted by atomic mass is 9.72. The van der Waals surface area contributed by atoms with E-state index in [0.717, 1.165) is 51.2 Å². The van der Waals surface area contributed by atoms with Gasteiger partial charge < -0.3 is 14.5 Å². The Balaban J connectivity index is 1.34. The number of anilines is 2. The molecule has 4 nitrogen and oxygen atoms in total. The Kier molecular flexibility index (Phi) is 7.55. The normalized spacial score (nSPS) is 25.6. The first-order chi connectivity index (χ1) is 16.5. The van der Waals surface area contributed by atoms with E-state index in [0.29, 0.717) is 5.41 Å². The Labute approximate surface area is 208 Å². The van der Waals surface area contributed by atoms with Gasteiger partial charge in [-0.3, -0.25) is 4.90 Å². The van der Waals surface area contributed by atoms with E-state index in [2.05, 4.69) is 59.7 Å². The Bertz CT molecular complexity index is 837. The molecule has 5 rings (SSSR count). The summed E-state index contributed by atoms with van der Waals surface area (Å²) in [5.74, 6) is 1.75. The zero-order chi connectivity index (χ0) is 23.5. The molecular formula is C30H47N3O. The van der Waals surface area contributed by atoms with Gasteiger partial charge in [-0.25, -0.2) is 0 Å². The SMILES string of the molecule is CC(C)(C)C1CC=C(c2cc(N3CCOCC3)ccc2N2CCN(CC3CCCC3)CC2)CC1. The lowest BCUT2D eigenvalue weighted by molar-refractivity contribution is 0.122. The summed E-state index contributed by atoms with van der Waals surface area (Å²) in [5, 5.41) is 0. The van der Waals surface area contributed by atoms with E-state index >= 15 is 0 Å². The van der Waals surface area contributed by atoms with Crippen LogP contribution in [0.25, 0.3) is 5.57 Å². The van der Waals surface area contributed by atoms with Crippen LogP contribution in [-0.2, 0) is 4.74 Å². The predicted molar refractivity (Wildman–Crippen MR) is 145 cm³/mol. The van der Waals surface area contributed by atoms with Crippen molar-refractivity contribution in [2.24, 2.45) is 17.3 Å². The molecule has 188 valence electrons. The third-order valence-electron chi connectivity index (χ3n) is 9.04. The molecule has 0 bridgehead atoms. The summed E-state index contributed by atoms with van der Waals surface area (Å²) in [6.45, 7) is 17.0. The summed E-state index contributed by atoms with van der Waals surface area (Å²) in [5.41, 5.74) is 6.33. The summed E-state index contributed by atoms with van der Waals surface area (Å²) in [7, 11) is 0. The van der Waals surface area contributed by atoms with Crippen molar-refractivity contribution in [2.45, 2.75) is 65.7 Å². The number of benzene rings is 1. The molecule has 4 aliphatic rings. The quantitative estimate of drug-likeness (QED) is 0.526. The molecule has 2 heterocycles. The molecule has 0 aromatic heterocycles. The largest absolute Gasteiger partial charge is 0.378 e. The average molecular weight is 466 g/mol. The minimum absolute atomic E-state index is 0.399. The van der Waals surface area contributed by atoms with Gasteiger partial charge in [-0.15, -0.1) is 0 Å². The third-order valence-corrected chi connectivity index (χ3v) is 9.04. The highest BCUT2D eigenvalue weighted by atomic mass is 16.5. The molecule has 1 atom stereocenters. The number of nitrogens with zero attached hydrogens (tertiary/aromatic N) is 3. The van der Waals surface area contributed by atoms with Crippen LogP contribution in [0.4, 0.5) is 11.4 Å². The van der Waals surface area contributed by atoms with Crippen LogP contribution in [0.2, 0.25) is 0 Å². The lowest BCUT2D eigenvalue weighted by Crippen LogP contribution is -2.48. The molecule has 1 unspecified atom stereocenters. The van der Waals surface area contributed by atoms with Crippen LogP contribution < -0.4 is 9.80 Å². The monoisotopic (exact) mass is 465 g/mol. The Morgan fingerprint density at radius 3 is 2.26 bits per heavy atom. The zero-order valence-corrected chi connectivity index (χ0v) is 22.0. The summed E-state index contributed by atoms with van der Waals surface area (Å²) in [6.07, 6.45) is 12.1. The second-order valence-electron chi connectivity index (χ2n) is 12.3.